The largest absolute Gasteiger partial charge is 0.496 e. The average Bonchev–Trinajstić information content (AvgIpc) is 2.73. The van der Waals surface area contributed by atoms with Gasteiger partial charge in [-0.3, -0.25) is 4.99 Å². The van der Waals surface area contributed by atoms with E-state index >= 15 is 0 Å². The van der Waals surface area contributed by atoms with Gasteiger partial charge in [0.25, 0.3) is 0 Å². The number of methoxy groups -OCH3 is 3. The normalized spacial score (nSPS) is 12.3. The fourth-order valence-corrected chi connectivity index (χ4v) is 2.91. The Labute approximate surface area is 167 Å². The summed E-state index contributed by atoms with van der Waals surface area (Å²) in [6.45, 7) is 5.58. The number of nitrogens with one attached hydrogen (secondary N) is 2. The molecule has 1 unspecified atom stereocenters. The molecule has 0 aromatic heterocycles. The van der Waals surface area contributed by atoms with Crippen LogP contribution in [-0.4, -0.2) is 40.9 Å². The summed E-state index contributed by atoms with van der Waals surface area (Å²) >= 11 is 0. The van der Waals surface area contributed by atoms with Crippen molar-refractivity contribution in [1.82, 2.24) is 10.6 Å². The van der Waals surface area contributed by atoms with E-state index in [2.05, 4.69) is 53.7 Å². The van der Waals surface area contributed by atoms with E-state index in [1.54, 1.807) is 28.4 Å². The molecular formula is C22H31N3O3. The number of hydrogen-bond donors (Lipinski definition) is 2. The lowest BCUT2D eigenvalue weighted by molar-refractivity contribution is 0.368. The van der Waals surface area contributed by atoms with Crippen molar-refractivity contribution in [2.45, 2.75) is 26.3 Å². The first kappa shape index (κ1) is 21.4. The van der Waals surface area contributed by atoms with Gasteiger partial charge in [-0.25, -0.2) is 0 Å². The van der Waals surface area contributed by atoms with Crippen LogP contribution in [0, 0.1) is 6.92 Å². The zero-order valence-corrected chi connectivity index (χ0v) is 17.6. The van der Waals surface area contributed by atoms with Crippen molar-refractivity contribution in [3.8, 4) is 17.2 Å². The predicted molar refractivity (Wildman–Crippen MR) is 114 cm³/mol. The number of nitrogens with zero attached hydrogens (tertiary/aromatic N) is 1. The summed E-state index contributed by atoms with van der Waals surface area (Å²) in [5, 5.41) is 6.71. The lowest BCUT2D eigenvalue weighted by atomic mass is 10.0. The number of ether oxygens (including phenoxy) is 3. The number of aryl methyl sites for hydroxylation is 1. The summed E-state index contributed by atoms with van der Waals surface area (Å²) in [6.07, 6.45) is 0. The molecule has 2 aromatic rings. The fraction of sp³-hybridized carbons (Fsp3) is 0.409. The highest BCUT2D eigenvalue weighted by Crippen LogP contribution is 2.33. The van der Waals surface area contributed by atoms with Gasteiger partial charge in [0.1, 0.15) is 17.2 Å². The highest BCUT2D eigenvalue weighted by Gasteiger charge is 2.14. The third kappa shape index (κ3) is 5.55. The van der Waals surface area contributed by atoms with E-state index in [-0.39, 0.29) is 0 Å². The summed E-state index contributed by atoms with van der Waals surface area (Å²) < 4.78 is 16.3. The quantitative estimate of drug-likeness (QED) is 0.538. The molecule has 0 bridgehead atoms. The Morgan fingerprint density at radius 2 is 1.57 bits per heavy atom. The van der Waals surface area contributed by atoms with E-state index in [1.165, 1.54) is 11.1 Å². The number of guanidine groups is 1. The molecule has 0 spiro atoms. The molecule has 2 aromatic carbocycles. The summed E-state index contributed by atoms with van der Waals surface area (Å²) in [4.78, 5) is 4.32. The van der Waals surface area contributed by atoms with Gasteiger partial charge in [0.2, 0.25) is 0 Å². The third-order valence-electron chi connectivity index (χ3n) is 4.70. The summed E-state index contributed by atoms with van der Waals surface area (Å²) in [7, 11) is 6.64. The Hall–Kier alpha value is -2.89. The van der Waals surface area contributed by atoms with E-state index < -0.39 is 0 Å². The molecule has 2 N–H and O–H groups in total. The van der Waals surface area contributed by atoms with E-state index in [1.807, 2.05) is 12.1 Å². The SMILES string of the molecule is CN=C(NCc1c(OC)cc(OC)cc1OC)NCC(C)c1ccc(C)cc1. The molecule has 152 valence electrons. The number of benzene rings is 2. The van der Waals surface area contributed by atoms with E-state index in [0.717, 1.165) is 18.1 Å². The Balaban J connectivity index is 2.01. The molecule has 6 heteroatoms. The van der Waals surface area contributed by atoms with Crippen LogP contribution in [0.2, 0.25) is 0 Å². The molecule has 28 heavy (non-hydrogen) atoms. The predicted octanol–water partition coefficient (Wildman–Crippen LogP) is 3.49. The van der Waals surface area contributed by atoms with Crippen LogP contribution in [-0.2, 0) is 6.54 Å². The van der Waals surface area contributed by atoms with Crippen LogP contribution in [0.15, 0.2) is 41.4 Å². The first-order chi connectivity index (χ1) is 13.5. The zero-order chi connectivity index (χ0) is 20.5. The molecule has 1 atom stereocenters. The van der Waals surface area contributed by atoms with Crippen molar-refractivity contribution in [3.63, 3.8) is 0 Å². The summed E-state index contributed by atoms with van der Waals surface area (Å²) in [5.74, 6) is 3.18. The van der Waals surface area contributed by atoms with Gasteiger partial charge >= 0.3 is 0 Å². The van der Waals surface area contributed by atoms with Gasteiger partial charge in [-0.05, 0) is 18.4 Å². The molecule has 0 heterocycles. The lowest BCUT2D eigenvalue weighted by Crippen LogP contribution is -2.38. The van der Waals surface area contributed by atoms with Crippen LogP contribution >= 0.6 is 0 Å². The molecule has 0 aliphatic rings. The van der Waals surface area contributed by atoms with Crippen molar-refractivity contribution >= 4 is 5.96 Å². The van der Waals surface area contributed by atoms with Crippen LogP contribution < -0.4 is 24.8 Å². The second-order valence-corrected chi connectivity index (χ2v) is 6.63. The Morgan fingerprint density at radius 3 is 2.07 bits per heavy atom. The Bertz CT molecular complexity index is 763. The highest BCUT2D eigenvalue weighted by molar-refractivity contribution is 5.79. The van der Waals surface area contributed by atoms with E-state index in [9.17, 15) is 0 Å². The molecule has 0 aliphatic heterocycles. The molecule has 0 saturated carbocycles. The van der Waals surface area contributed by atoms with Crippen molar-refractivity contribution in [2.24, 2.45) is 4.99 Å². The van der Waals surface area contributed by atoms with Gasteiger partial charge < -0.3 is 24.8 Å². The minimum Gasteiger partial charge on any atom is -0.496 e. The molecule has 6 nitrogen and oxygen atoms in total. The second kappa shape index (κ2) is 10.4. The number of rotatable bonds is 8. The second-order valence-electron chi connectivity index (χ2n) is 6.63. The van der Waals surface area contributed by atoms with E-state index in [4.69, 9.17) is 14.2 Å². The van der Waals surface area contributed by atoms with Gasteiger partial charge in [-0.15, -0.1) is 0 Å². The summed E-state index contributed by atoms with van der Waals surface area (Å²) in [5.41, 5.74) is 3.47. The van der Waals surface area contributed by atoms with Gasteiger partial charge in [-0.1, -0.05) is 36.8 Å². The number of aliphatic imine (C=N–C) groups is 1. The van der Waals surface area contributed by atoms with Crippen molar-refractivity contribution in [2.75, 3.05) is 34.9 Å². The van der Waals surface area contributed by atoms with Crippen LogP contribution in [0.3, 0.4) is 0 Å². The van der Waals surface area contributed by atoms with E-state index in [0.29, 0.717) is 29.7 Å². The van der Waals surface area contributed by atoms with Crippen molar-refractivity contribution in [1.29, 1.82) is 0 Å². The highest BCUT2D eigenvalue weighted by atomic mass is 16.5. The van der Waals surface area contributed by atoms with Crippen LogP contribution in [0.5, 0.6) is 17.2 Å². The minimum atomic E-state index is 0.365. The minimum absolute atomic E-state index is 0.365. The van der Waals surface area contributed by atoms with Crippen molar-refractivity contribution in [3.05, 3.63) is 53.1 Å². The van der Waals surface area contributed by atoms with Crippen LogP contribution in [0.25, 0.3) is 0 Å². The molecule has 0 fully saturated rings. The average molecular weight is 386 g/mol. The van der Waals surface area contributed by atoms with Gasteiger partial charge in [-0.2, -0.15) is 0 Å². The van der Waals surface area contributed by atoms with Crippen LogP contribution in [0.1, 0.15) is 29.5 Å². The topological polar surface area (TPSA) is 64.1 Å². The monoisotopic (exact) mass is 385 g/mol. The first-order valence-corrected chi connectivity index (χ1v) is 9.32. The maximum Gasteiger partial charge on any atom is 0.191 e. The van der Waals surface area contributed by atoms with Gasteiger partial charge in [0.05, 0.1) is 33.4 Å². The van der Waals surface area contributed by atoms with Crippen LogP contribution in [0.4, 0.5) is 0 Å². The molecular weight excluding hydrogens is 354 g/mol. The standard InChI is InChI=1S/C22H31N3O3/c1-15-7-9-17(10-8-15)16(2)13-24-22(23-3)25-14-19-20(27-5)11-18(26-4)12-21(19)28-6/h7-12,16H,13-14H2,1-6H3,(H2,23,24,25). The molecule has 0 radical (unpaired) electrons. The molecule has 0 saturated heterocycles. The molecule has 0 aliphatic carbocycles. The Morgan fingerprint density at radius 1 is 0.964 bits per heavy atom. The maximum absolute atomic E-state index is 5.50. The molecule has 2 rings (SSSR count). The summed E-state index contributed by atoms with van der Waals surface area (Å²) in [6, 6.07) is 12.3. The first-order valence-electron chi connectivity index (χ1n) is 9.32. The Kier molecular flexibility index (Phi) is 7.99. The number of hydrogen-bond acceptors (Lipinski definition) is 4. The third-order valence-corrected chi connectivity index (χ3v) is 4.70. The zero-order valence-electron chi connectivity index (χ0n) is 17.6. The fourth-order valence-electron chi connectivity index (χ4n) is 2.91. The smallest absolute Gasteiger partial charge is 0.191 e. The maximum atomic E-state index is 5.50. The molecule has 0 amide bonds. The van der Waals surface area contributed by atoms with Gasteiger partial charge in [0, 0.05) is 25.7 Å². The lowest BCUT2D eigenvalue weighted by Gasteiger charge is -2.19. The van der Waals surface area contributed by atoms with Crippen molar-refractivity contribution < 1.29 is 14.2 Å². The van der Waals surface area contributed by atoms with Gasteiger partial charge in [0.15, 0.2) is 5.96 Å².